The van der Waals surface area contributed by atoms with Gasteiger partial charge in [0.05, 0.1) is 18.7 Å². The van der Waals surface area contributed by atoms with E-state index in [2.05, 4.69) is 17.4 Å². The van der Waals surface area contributed by atoms with Gasteiger partial charge in [-0.1, -0.05) is 30.3 Å². The molecule has 0 aromatic heterocycles. The number of rotatable bonds is 3. The molecule has 130 valence electrons. The monoisotopic (exact) mass is 340 g/mol. The van der Waals surface area contributed by atoms with E-state index < -0.39 is 5.82 Å². The predicted molar refractivity (Wildman–Crippen MR) is 93.0 cm³/mol. The van der Waals surface area contributed by atoms with Crippen molar-refractivity contribution in [3.8, 4) is 5.75 Å². The van der Waals surface area contributed by atoms with Gasteiger partial charge in [-0.15, -0.1) is 0 Å². The minimum Gasteiger partial charge on any atom is -0.496 e. The Labute approximate surface area is 146 Å². The number of nitrogens with zero attached hydrogens (tertiary/aromatic N) is 1. The van der Waals surface area contributed by atoms with Gasteiger partial charge in [0.1, 0.15) is 11.6 Å². The molecule has 2 aromatic rings. The van der Waals surface area contributed by atoms with E-state index in [4.69, 9.17) is 4.74 Å². The standard InChI is InChI=1S/C20H21FN2O2/c1-25-18-9-15(21)7-8-16(18)20(24)23-12-14-10-22-11-17(14)19(23)13-5-3-2-4-6-13/h2-9,14,17,19,22H,10-12H2,1H3/t14-,17-,19+/m0/s1. The second-order valence-corrected chi connectivity index (χ2v) is 6.74. The SMILES string of the molecule is COc1cc(F)ccc1C(=O)N1C[C@@H]2CNC[C@@H]2[C@H]1c1ccccc1. The van der Waals surface area contributed by atoms with Crippen molar-refractivity contribution in [2.45, 2.75) is 6.04 Å². The van der Waals surface area contributed by atoms with Gasteiger partial charge in [-0.25, -0.2) is 4.39 Å². The first kappa shape index (κ1) is 16.1. The molecule has 0 aliphatic carbocycles. The minimum atomic E-state index is -0.407. The lowest BCUT2D eigenvalue weighted by Gasteiger charge is -2.29. The van der Waals surface area contributed by atoms with Gasteiger partial charge in [0, 0.05) is 31.6 Å². The number of hydrogen-bond donors (Lipinski definition) is 1. The Balaban J connectivity index is 1.72. The van der Waals surface area contributed by atoms with Crippen molar-refractivity contribution < 1.29 is 13.9 Å². The summed E-state index contributed by atoms with van der Waals surface area (Å²) in [7, 11) is 1.46. The summed E-state index contributed by atoms with van der Waals surface area (Å²) in [6.07, 6.45) is 0. The largest absolute Gasteiger partial charge is 0.496 e. The molecule has 2 aliphatic rings. The highest BCUT2D eigenvalue weighted by atomic mass is 19.1. The highest BCUT2D eigenvalue weighted by molar-refractivity contribution is 5.97. The fraction of sp³-hybridized carbons (Fsp3) is 0.350. The van der Waals surface area contributed by atoms with Crippen LogP contribution < -0.4 is 10.1 Å². The number of carbonyl (C=O) groups is 1. The number of nitrogens with one attached hydrogen (secondary N) is 1. The fourth-order valence-electron chi connectivity index (χ4n) is 4.20. The third-order valence-corrected chi connectivity index (χ3v) is 5.36. The molecule has 0 radical (unpaired) electrons. The predicted octanol–water partition coefficient (Wildman–Crippen LogP) is 2.87. The van der Waals surface area contributed by atoms with Gasteiger partial charge in [-0.05, 0) is 23.6 Å². The van der Waals surface area contributed by atoms with Crippen LogP contribution in [0.25, 0.3) is 0 Å². The topological polar surface area (TPSA) is 41.6 Å². The van der Waals surface area contributed by atoms with Crippen LogP contribution in [0, 0.1) is 17.7 Å². The number of hydrogen-bond acceptors (Lipinski definition) is 3. The van der Waals surface area contributed by atoms with Gasteiger partial charge in [-0.3, -0.25) is 4.79 Å². The van der Waals surface area contributed by atoms with Crippen molar-refractivity contribution in [2.24, 2.45) is 11.8 Å². The molecule has 0 bridgehead atoms. The zero-order valence-electron chi connectivity index (χ0n) is 14.1. The van der Waals surface area contributed by atoms with Crippen LogP contribution in [0.15, 0.2) is 48.5 Å². The quantitative estimate of drug-likeness (QED) is 0.934. The van der Waals surface area contributed by atoms with E-state index in [0.717, 1.165) is 18.7 Å². The molecule has 5 heteroatoms. The van der Waals surface area contributed by atoms with Gasteiger partial charge in [0.15, 0.2) is 0 Å². The molecular formula is C20H21FN2O2. The van der Waals surface area contributed by atoms with E-state index >= 15 is 0 Å². The Hall–Kier alpha value is -2.40. The van der Waals surface area contributed by atoms with Crippen molar-refractivity contribution in [1.82, 2.24) is 10.2 Å². The van der Waals surface area contributed by atoms with Gasteiger partial charge in [0.25, 0.3) is 5.91 Å². The van der Waals surface area contributed by atoms with Crippen LogP contribution in [-0.2, 0) is 0 Å². The number of carbonyl (C=O) groups excluding carboxylic acids is 1. The minimum absolute atomic E-state index is 0.0310. The second-order valence-electron chi connectivity index (χ2n) is 6.74. The van der Waals surface area contributed by atoms with E-state index in [-0.39, 0.29) is 17.7 Å². The highest BCUT2D eigenvalue weighted by Gasteiger charge is 2.47. The molecular weight excluding hydrogens is 319 g/mol. The number of methoxy groups -OCH3 is 1. The fourth-order valence-corrected chi connectivity index (χ4v) is 4.20. The van der Waals surface area contributed by atoms with E-state index in [1.165, 1.54) is 25.3 Å². The van der Waals surface area contributed by atoms with Gasteiger partial charge < -0.3 is 15.0 Å². The Morgan fingerprint density at radius 1 is 1.20 bits per heavy atom. The molecule has 2 aromatic carbocycles. The van der Waals surface area contributed by atoms with Crippen LogP contribution in [0.5, 0.6) is 5.75 Å². The zero-order valence-corrected chi connectivity index (χ0v) is 14.1. The number of halogens is 1. The summed E-state index contributed by atoms with van der Waals surface area (Å²) in [6.45, 7) is 2.55. The Kier molecular flexibility index (Phi) is 4.17. The second kappa shape index (κ2) is 6.48. The first-order valence-electron chi connectivity index (χ1n) is 8.59. The third-order valence-electron chi connectivity index (χ3n) is 5.36. The molecule has 2 saturated heterocycles. The van der Waals surface area contributed by atoms with E-state index in [9.17, 15) is 9.18 Å². The summed E-state index contributed by atoms with van der Waals surface area (Å²) >= 11 is 0. The van der Waals surface area contributed by atoms with Crippen molar-refractivity contribution in [1.29, 1.82) is 0 Å². The van der Waals surface area contributed by atoms with E-state index in [1.54, 1.807) is 0 Å². The highest BCUT2D eigenvalue weighted by Crippen LogP contribution is 2.43. The lowest BCUT2D eigenvalue weighted by molar-refractivity contribution is 0.0710. The van der Waals surface area contributed by atoms with Crippen molar-refractivity contribution in [3.05, 3.63) is 65.5 Å². The Morgan fingerprint density at radius 3 is 2.76 bits per heavy atom. The normalized spacial score (nSPS) is 25.0. The van der Waals surface area contributed by atoms with Gasteiger partial charge in [-0.2, -0.15) is 0 Å². The zero-order chi connectivity index (χ0) is 17.4. The van der Waals surface area contributed by atoms with Crippen LogP contribution in [0.1, 0.15) is 22.0 Å². The summed E-state index contributed by atoms with van der Waals surface area (Å²) in [5.41, 5.74) is 1.56. The summed E-state index contributed by atoms with van der Waals surface area (Å²) in [6, 6.07) is 14.3. The smallest absolute Gasteiger partial charge is 0.258 e. The molecule has 3 atom stereocenters. The van der Waals surface area contributed by atoms with Crippen molar-refractivity contribution >= 4 is 5.91 Å². The maximum atomic E-state index is 13.5. The van der Waals surface area contributed by atoms with Crippen LogP contribution in [0.4, 0.5) is 4.39 Å². The number of likely N-dealkylation sites (tertiary alicyclic amines) is 1. The van der Waals surface area contributed by atoms with E-state index in [0.29, 0.717) is 23.9 Å². The van der Waals surface area contributed by atoms with Crippen LogP contribution >= 0.6 is 0 Å². The molecule has 0 saturated carbocycles. The van der Waals surface area contributed by atoms with Crippen LogP contribution in [0.3, 0.4) is 0 Å². The van der Waals surface area contributed by atoms with Gasteiger partial charge >= 0.3 is 0 Å². The number of benzene rings is 2. The van der Waals surface area contributed by atoms with Crippen LogP contribution in [-0.4, -0.2) is 37.6 Å². The van der Waals surface area contributed by atoms with Crippen LogP contribution in [0.2, 0.25) is 0 Å². The first-order valence-corrected chi connectivity index (χ1v) is 8.59. The molecule has 25 heavy (non-hydrogen) atoms. The summed E-state index contributed by atoms with van der Waals surface area (Å²) in [5.74, 6) is 0.626. The lowest BCUT2D eigenvalue weighted by Crippen LogP contribution is -2.34. The lowest BCUT2D eigenvalue weighted by atomic mass is 9.89. The van der Waals surface area contributed by atoms with Gasteiger partial charge in [0.2, 0.25) is 0 Å². The molecule has 4 nitrogen and oxygen atoms in total. The molecule has 0 spiro atoms. The summed E-state index contributed by atoms with van der Waals surface area (Å²) in [4.78, 5) is 15.2. The maximum Gasteiger partial charge on any atom is 0.258 e. The average molecular weight is 340 g/mol. The summed E-state index contributed by atoms with van der Waals surface area (Å²) in [5, 5.41) is 3.44. The molecule has 2 fully saturated rings. The van der Waals surface area contributed by atoms with Crippen molar-refractivity contribution in [3.63, 3.8) is 0 Å². The average Bonchev–Trinajstić information content (AvgIpc) is 3.22. The Bertz CT molecular complexity index is 781. The molecule has 4 rings (SSSR count). The first-order chi connectivity index (χ1) is 12.2. The van der Waals surface area contributed by atoms with E-state index in [1.807, 2.05) is 23.1 Å². The third kappa shape index (κ3) is 2.78. The molecule has 1 N–H and O–H groups in total. The molecule has 2 aliphatic heterocycles. The Morgan fingerprint density at radius 2 is 2.00 bits per heavy atom. The number of amides is 1. The van der Waals surface area contributed by atoms with Crippen molar-refractivity contribution in [2.75, 3.05) is 26.7 Å². The summed E-state index contributed by atoms with van der Waals surface area (Å²) < 4.78 is 18.7. The number of ether oxygens (including phenoxy) is 1. The molecule has 0 unspecified atom stereocenters. The maximum absolute atomic E-state index is 13.5. The molecule has 2 heterocycles. The number of fused-ring (bicyclic) bond motifs is 1. The molecule has 1 amide bonds.